The van der Waals surface area contributed by atoms with Gasteiger partial charge in [-0.3, -0.25) is 4.68 Å². The molecule has 0 bridgehead atoms. The molecule has 0 atom stereocenters. The average Bonchev–Trinajstić information content (AvgIpc) is 3.37. The van der Waals surface area contributed by atoms with Crippen molar-refractivity contribution >= 4 is 32.1 Å². The normalized spacial score (nSPS) is 14.7. The van der Waals surface area contributed by atoms with Crippen LogP contribution in [0.3, 0.4) is 0 Å². The van der Waals surface area contributed by atoms with Crippen LogP contribution in [0.15, 0.2) is 127 Å². The highest BCUT2D eigenvalue weighted by atomic mass is 32.2. The second-order valence-corrected chi connectivity index (χ2v) is 12.5. The number of nitrogens with one attached hydrogen (secondary N) is 3. The van der Waals surface area contributed by atoms with Gasteiger partial charge in [0.15, 0.2) is 0 Å². The smallest absolute Gasteiger partial charge is 0.148 e. The number of hydrogen-bond donors (Lipinski definition) is 3. The highest BCUT2D eigenvalue weighted by molar-refractivity contribution is 7.90. The van der Waals surface area contributed by atoms with E-state index in [2.05, 4.69) is 80.7 Å². The third kappa shape index (κ3) is 6.42. The van der Waals surface area contributed by atoms with Crippen molar-refractivity contribution in [2.24, 2.45) is 0 Å². The molecule has 0 spiro atoms. The number of allylic oxidation sites excluding steroid dienone is 2. The van der Waals surface area contributed by atoms with Crippen LogP contribution >= 0.6 is 0 Å². The number of benzene rings is 3. The summed E-state index contributed by atoms with van der Waals surface area (Å²) >= 11 is 0. The summed E-state index contributed by atoms with van der Waals surface area (Å²) in [6, 6.07) is 24.9. The largest absolute Gasteiger partial charge is 0.365 e. The zero-order valence-corrected chi connectivity index (χ0v) is 23.6. The topological polar surface area (TPSA) is 91.3 Å². The van der Waals surface area contributed by atoms with Crippen LogP contribution in [0.4, 0.5) is 11.4 Å². The molecule has 3 aromatic carbocycles. The van der Waals surface area contributed by atoms with Gasteiger partial charge in [-0.25, -0.2) is 8.42 Å². The van der Waals surface area contributed by atoms with Crippen LogP contribution in [0, 0.1) is 0 Å². The third-order valence-corrected chi connectivity index (χ3v) is 7.98. The maximum absolute atomic E-state index is 11.4. The van der Waals surface area contributed by atoms with E-state index in [0.717, 1.165) is 51.2 Å². The van der Waals surface area contributed by atoms with Crippen LogP contribution in [0.1, 0.15) is 11.1 Å². The summed E-state index contributed by atoms with van der Waals surface area (Å²) in [5.74, 6) is 0.127. The fourth-order valence-electron chi connectivity index (χ4n) is 4.93. The SMILES string of the molecule is CS(=O)(=O)CCNCc1cccc(N2C=CC3=CNC=C(Nc4ccc5c(cnn5Cc5ccccc5)c4)C3=C2)c1. The average molecular weight is 565 g/mol. The lowest BCUT2D eigenvalue weighted by molar-refractivity contribution is 0.596. The zero-order chi connectivity index (χ0) is 28.2. The minimum Gasteiger partial charge on any atom is -0.365 e. The van der Waals surface area contributed by atoms with Gasteiger partial charge in [-0.05, 0) is 47.5 Å². The number of fused-ring (bicyclic) bond motifs is 2. The van der Waals surface area contributed by atoms with E-state index in [-0.39, 0.29) is 5.75 Å². The molecule has 6 rings (SSSR count). The van der Waals surface area contributed by atoms with Gasteiger partial charge < -0.3 is 20.9 Å². The summed E-state index contributed by atoms with van der Waals surface area (Å²) in [7, 11) is -2.98. The fraction of sp³-hybridized carbons (Fsp3) is 0.156. The number of dihydropyridines is 1. The summed E-state index contributed by atoms with van der Waals surface area (Å²) in [4.78, 5) is 2.10. The summed E-state index contributed by atoms with van der Waals surface area (Å²) in [6.45, 7) is 1.76. The van der Waals surface area contributed by atoms with E-state index in [0.29, 0.717) is 13.1 Å². The first kappa shape index (κ1) is 26.6. The molecular formula is C32H32N6O2S. The van der Waals surface area contributed by atoms with Gasteiger partial charge in [-0.15, -0.1) is 0 Å². The standard InChI is InChI=1S/C32H32N6O2S/c1-41(39,40)15-13-33-18-25-8-5-9-29(16-25)37-14-12-26-19-34-21-31(30(26)23-37)36-28-10-11-32-27(17-28)20-35-38(32)22-24-6-3-2-4-7-24/h2-12,14,16-17,19-21,23,33-34,36H,13,15,18,22H2,1H3. The number of aromatic nitrogens is 2. The predicted molar refractivity (Wildman–Crippen MR) is 166 cm³/mol. The van der Waals surface area contributed by atoms with Gasteiger partial charge in [-0.1, -0.05) is 42.5 Å². The Hall–Kier alpha value is -4.60. The maximum Gasteiger partial charge on any atom is 0.148 e. The molecule has 0 saturated carbocycles. The van der Waals surface area contributed by atoms with E-state index in [1.165, 1.54) is 11.8 Å². The second kappa shape index (κ2) is 11.5. The van der Waals surface area contributed by atoms with E-state index >= 15 is 0 Å². The van der Waals surface area contributed by atoms with Gasteiger partial charge in [0.25, 0.3) is 0 Å². The maximum atomic E-state index is 11.4. The van der Waals surface area contributed by atoms with Gasteiger partial charge in [0, 0.05) is 72.1 Å². The zero-order valence-electron chi connectivity index (χ0n) is 22.8. The molecule has 0 amide bonds. The Morgan fingerprint density at radius 2 is 1.80 bits per heavy atom. The molecule has 2 aliphatic rings. The molecule has 0 saturated heterocycles. The predicted octanol–water partition coefficient (Wildman–Crippen LogP) is 4.88. The van der Waals surface area contributed by atoms with Crippen LogP contribution in [0.5, 0.6) is 0 Å². The molecule has 41 heavy (non-hydrogen) atoms. The summed E-state index contributed by atoms with van der Waals surface area (Å²) < 4.78 is 24.8. The molecule has 3 heterocycles. The lowest BCUT2D eigenvalue weighted by Gasteiger charge is -2.27. The van der Waals surface area contributed by atoms with E-state index in [1.54, 1.807) is 0 Å². The molecule has 0 radical (unpaired) electrons. The van der Waals surface area contributed by atoms with Gasteiger partial charge in [0.2, 0.25) is 0 Å². The van der Waals surface area contributed by atoms with Gasteiger partial charge in [0.1, 0.15) is 9.84 Å². The molecule has 0 aliphatic carbocycles. The number of rotatable bonds is 10. The Bertz CT molecular complexity index is 1800. The Morgan fingerprint density at radius 3 is 2.66 bits per heavy atom. The number of anilines is 2. The minimum atomic E-state index is -2.98. The van der Waals surface area contributed by atoms with Crippen molar-refractivity contribution in [3.05, 3.63) is 138 Å². The van der Waals surface area contributed by atoms with Gasteiger partial charge in [-0.2, -0.15) is 5.10 Å². The van der Waals surface area contributed by atoms with Gasteiger partial charge >= 0.3 is 0 Å². The molecule has 2 aliphatic heterocycles. The molecule has 3 N–H and O–H groups in total. The summed E-state index contributed by atoms with van der Waals surface area (Å²) in [6.07, 6.45) is 13.4. The first-order chi connectivity index (χ1) is 19.9. The van der Waals surface area contributed by atoms with E-state index in [9.17, 15) is 8.42 Å². The minimum absolute atomic E-state index is 0.127. The number of sulfone groups is 1. The van der Waals surface area contributed by atoms with Crippen molar-refractivity contribution in [1.29, 1.82) is 0 Å². The van der Waals surface area contributed by atoms with Crippen LogP contribution in [0.25, 0.3) is 10.9 Å². The summed E-state index contributed by atoms with van der Waals surface area (Å²) in [5.41, 5.74) is 8.52. The fourth-order valence-corrected chi connectivity index (χ4v) is 5.45. The van der Waals surface area contributed by atoms with Crippen molar-refractivity contribution in [3.8, 4) is 0 Å². The van der Waals surface area contributed by atoms with Crippen molar-refractivity contribution in [2.45, 2.75) is 13.1 Å². The quantitative estimate of drug-likeness (QED) is 0.237. The van der Waals surface area contributed by atoms with Crippen molar-refractivity contribution < 1.29 is 8.42 Å². The van der Waals surface area contributed by atoms with Gasteiger partial charge in [0.05, 0.1) is 29.7 Å². The molecule has 4 aromatic rings. The number of nitrogens with zero attached hydrogens (tertiary/aromatic N) is 3. The molecule has 0 fully saturated rings. The van der Waals surface area contributed by atoms with Crippen LogP contribution < -0.4 is 20.9 Å². The van der Waals surface area contributed by atoms with Crippen molar-refractivity contribution in [2.75, 3.05) is 28.8 Å². The molecule has 8 nitrogen and oxygen atoms in total. The Balaban J connectivity index is 1.17. The van der Waals surface area contributed by atoms with Crippen molar-refractivity contribution in [1.82, 2.24) is 20.4 Å². The second-order valence-electron chi connectivity index (χ2n) is 10.3. The third-order valence-electron chi connectivity index (χ3n) is 7.03. The Labute approximate surface area is 240 Å². The molecular weight excluding hydrogens is 532 g/mol. The summed E-state index contributed by atoms with van der Waals surface area (Å²) in [5, 5.41) is 15.8. The molecule has 9 heteroatoms. The highest BCUT2D eigenvalue weighted by Gasteiger charge is 2.19. The molecule has 208 valence electrons. The molecule has 0 unspecified atom stereocenters. The Morgan fingerprint density at radius 1 is 0.951 bits per heavy atom. The lowest BCUT2D eigenvalue weighted by atomic mass is 10.00. The number of hydrogen-bond acceptors (Lipinski definition) is 7. The van der Waals surface area contributed by atoms with E-state index in [1.807, 2.05) is 59.8 Å². The molecule has 1 aromatic heterocycles. The Kier molecular flexibility index (Phi) is 7.45. The lowest BCUT2D eigenvalue weighted by Crippen LogP contribution is -2.22. The van der Waals surface area contributed by atoms with Crippen LogP contribution in [0.2, 0.25) is 0 Å². The monoisotopic (exact) mass is 564 g/mol. The highest BCUT2D eigenvalue weighted by Crippen LogP contribution is 2.31. The van der Waals surface area contributed by atoms with Crippen LogP contribution in [-0.4, -0.2) is 36.8 Å². The van der Waals surface area contributed by atoms with E-state index in [4.69, 9.17) is 0 Å². The first-order valence-electron chi connectivity index (χ1n) is 13.5. The van der Waals surface area contributed by atoms with E-state index < -0.39 is 9.84 Å². The van der Waals surface area contributed by atoms with Crippen LogP contribution in [-0.2, 0) is 22.9 Å². The first-order valence-corrected chi connectivity index (χ1v) is 15.6. The van der Waals surface area contributed by atoms with Crippen molar-refractivity contribution in [3.63, 3.8) is 0 Å².